The molecule has 0 saturated heterocycles. The van der Waals surface area contributed by atoms with Crippen LogP contribution < -0.4 is 4.74 Å². The Kier molecular flexibility index (Phi) is 4.33. The van der Waals surface area contributed by atoms with Gasteiger partial charge in [0, 0.05) is 6.42 Å². The molecule has 0 aliphatic carbocycles. The maximum Gasteiger partial charge on any atom is 0.303 e. The Balaban J connectivity index is 1.73. The summed E-state index contributed by atoms with van der Waals surface area (Å²) < 4.78 is 7.03. The van der Waals surface area contributed by atoms with Crippen molar-refractivity contribution >= 4 is 28.7 Å². The highest BCUT2D eigenvalue weighted by atomic mass is 35.5. The van der Waals surface area contributed by atoms with E-state index >= 15 is 0 Å². The minimum atomic E-state index is -0.831. The maximum absolute atomic E-state index is 10.4. The number of carbonyl (C=O) groups is 1. The van der Waals surface area contributed by atoms with Crippen LogP contribution in [0.4, 0.5) is 0 Å². The highest BCUT2D eigenvalue weighted by Crippen LogP contribution is 2.18. The number of halogens is 1. The molecule has 3 rings (SSSR count). The summed E-state index contributed by atoms with van der Waals surface area (Å²) >= 11 is 5.80. The third kappa shape index (κ3) is 3.54. The molecule has 2 aromatic heterocycles. The van der Waals surface area contributed by atoms with Gasteiger partial charge < -0.3 is 9.84 Å². The minimum Gasteiger partial charge on any atom is -0.494 e. The molecule has 0 atom stereocenters. The SMILES string of the molecule is O=C(O)CCCOc1ccc(-n2nnc3cnc(Cl)nc32)cc1. The number of rotatable bonds is 6. The van der Waals surface area contributed by atoms with E-state index < -0.39 is 5.97 Å². The predicted octanol–water partition coefficient (Wildman–Crippen LogP) is 2.11. The highest BCUT2D eigenvalue weighted by molar-refractivity contribution is 6.28. The molecule has 2 heterocycles. The molecule has 0 bridgehead atoms. The van der Waals surface area contributed by atoms with Crippen molar-refractivity contribution in [2.24, 2.45) is 0 Å². The van der Waals surface area contributed by atoms with Gasteiger partial charge in [-0.15, -0.1) is 5.10 Å². The fourth-order valence-corrected chi connectivity index (χ4v) is 2.11. The van der Waals surface area contributed by atoms with E-state index in [1.165, 1.54) is 6.20 Å². The summed E-state index contributed by atoms with van der Waals surface area (Å²) in [5.41, 5.74) is 1.81. The zero-order valence-electron chi connectivity index (χ0n) is 11.9. The van der Waals surface area contributed by atoms with Crippen LogP contribution >= 0.6 is 11.6 Å². The largest absolute Gasteiger partial charge is 0.494 e. The maximum atomic E-state index is 10.4. The summed E-state index contributed by atoms with van der Waals surface area (Å²) in [6.07, 6.45) is 2.05. The molecule has 0 unspecified atom stereocenters. The molecule has 0 aliphatic rings. The molecular formula is C14H12ClN5O3. The van der Waals surface area contributed by atoms with Crippen molar-refractivity contribution in [1.29, 1.82) is 0 Å². The van der Waals surface area contributed by atoms with Crippen molar-refractivity contribution < 1.29 is 14.6 Å². The molecule has 23 heavy (non-hydrogen) atoms. The van der Waals surface area contributed by atoms with Crippen molar-refractivity contribution in [1.82, 2.24) is 25.0 Å². The van der Waals surface area contributed by atoms with Crippen LogP contribution in [-0.2, 0) is 4.79 Å². The van der Waals surface area contributed by atoms with E-state index in [2.05, 4.69) is 20.3 Å². The van der Waals surface area contributed by atoms with Crippen molar-refractivity contribution in [3.05, 3.63) is 35.7 Å². The molecule has 0 fully saturated rings. The normalized spacial score (nSPS) is 10.8. The molecule has 0 radical (unpaired) electrons. The summed E-state index contributed by atoms with van der Waals surface area (Å²) in [4.78, 5) is 18.4. The van der Waals surface area contributed by atoms with Crippen molar-refractivity contribution in [2.45, 2.75) is 12.8 Å². The number of aromatic nitrogens is 5. The fourth-order valence-electron chi connectivity index (χ4n) is 1.98. The Morgan fingerprint density at radius 1 is 1.30 bits per heavy atom. The first-order valence-electron chi connectivity index (χ1n) is 6.82. The van der Waals surface area contributed by atoms with Crippen LogP contribution in [0.2, 0.25) is 5.28 Å². The number of ether oxygens (including phenoxy) is 1. The molecule has 1 aromatic carbocycles. The molecule has 118 valence electrons. The van der Waals surface area contributed by atoms with Gasteiger partial charge in [0.15, 0.2) is 11.2 Å². The summed E-state index contributed by atoms with van der Waals surface area (Å²) in [7, 11) is 0. The van der Waals surface area contributed by atoms with E-state index in [1.54, 1.807) is 28.9 Å². The minimum absolute atomic E-state index is 0.0868. The average molecular weight is 334 g/mol. The summed E-state index contributed by atoms with van der Waals surface area (Å²) in [6.45, 7) is 0.348. The molecular weight excluding hydrogens is 322 g/mol. The lowest BCUT2D eigenvalue weighted by Gasteiger charge is -2.06. The van der Waals surface area contributed by atoms with Crippen molar-refractivity contribution in [3.8, 4) is 11.4 Å². The number of hydrogen-bond donors (Lipinski definition) is 1. The monoisotopic (exact) mass is 333 g/mol. The quantitative estimate of drug-likeness (QED) is 0.544. The predicted molar refractivity (Wildman–Crippen MR) is 81.8 cm³/mol. The van der Waals surface area contributed by atoms with E-state index in [0.29, 0.717) is 29.9 Å². The van der Waals surface area contributed by atoms with Gasteiger partial charge in [0.2, 0.25) is 5.28 Å². The van der Waals surface area contributed by atoms with Gasteiger partial charge in [0.05, 0.1) is 18.5 Å². The van der Waals surface area contributed by atoms with Crippen LogP contribution in [0.25, 0.3) is 16.9 Å². The number of carboxylic acid groups (broad SMARTS) is 1. The second-order valence-electron chi connectivity index (χ2n) is 4.69. The number of carboxylic acids is 1. The Hall–Kier alpha value is -2.74. The first kappa shape index (κ1) is 15.2. The molecule has 0 saturated carbocycles. The molecule has 1 N–H and O–H groups in total. The zero-order valence-corrected chi connectivity index (χ0v) is 12.6. The fraction of sp³-hybridized carbons (Fsp3) is 0.214. The summed E-state index contributed by atoms with van der Waals surface area (Å²) in [6, 6.07) is 7.14. The van der Waals surface area contributed by atoms with Crippen LogP contribution in [0.1, 0.15) is 12.8 Å². The lowest BCUT2D eigenvalue weighted by atomic mass is 10.3. The number of aliphatic carboxylic acids is 1. The number of nitrogens with zero attached hydrogens (tertiary/aromatic N) is 5. The van der Waals surface area contributed by atoms with Crippen molar-refractivity contribution in [3.63, 3.8) is 0 Å². The standard InChI is InChI=1S/C14H12ClN5O3/c15-14-16-8-11-13(17-14)20(19-18-11)9-3-5-10(6-4-9)23-7-1-2-12(21)22/h3-6,8H,1-2,7H2,(H,21,22). The third-order valence-electron chi connectivity index (χ3n) is 3.05. The van der Waals surface area contributed by atoms with Crippen LogP contribution in [0.3, 0.4) is 0 Å². The lowest BCUT2D eigenvalue weighted by Crippen LogP contribution is -2.02. The van der Waals surface area contributed by atoms with E-state index in [1.807, 2.05) is 0 Å². The topological polar surface area (TPSA) is 103 Å². The van der Waals surface area contributed by atoms with Gasteiger partial charge >= 0.3 is 5.97 Å². The first-order chi connectivity index (χ1) is 11.1. The molecule has 0 amide bonds. The van der Waals surface area contributed by atoms with Crippen LogP contribution in [0.15, 0.2) is 30.5 Å². The van der Waals surface area contributed by atoms with Gasteiger partial charge in [0.1, 0.15) is 5.75 Å². The average Bonchev–Trinajstić information content (AvgIpc) is 2.95. The van der Waals surface area contributed by atoms with Gasteiger partial charge in [-0.05, 0) is 42.3 Å². The van der Waals surface area contributed by atoms with Crippen molar-refractivity contribution in [2.75, 3.05) is 6.61 Å². The second kappa shape index (κ2) is 6.57. The summed E-state index contributed by atoms with van der Waals surface area (Å²) in [5.74, 6) is -0.182. The third-order valence-corrected chi connectivity index (χ3v) is 3.23. The van der Waals surface area contributed by atoms with Gasteiger partial charge in [0.25, 0.3) is 0 Å². The molecule has 3 aromatic rings. The number of benzene rings is 1. The summed E-state index contributed by atoms with van der Waals surface area (Å²) in [5, 5.41) is 16.7. The second-order valence-corrected chi connectivity index (χ2v) is 5.03. The first-order valence-corrected chi connectivity index (χ1v) is 7.20. The van der Waals surface area contributed by atoms with E-state index in [0.717, 1.165) is 5.69 Å². The van der Waals surface area contributed by atoms with Crippen LogP contribution in [0.5, 0.6) is 5.75 Å². The van der Waals surface area contributed by atoms with Gasteiger partial charge in [-0.3, -0.25) is 4.79 Å². The Bertz CT molecular complexity index is 834. The number of hydrogen-bond acceptors (Lipinski definition) is 6. The van der Waals surface area contributed by atoms with E-state index in [4.69, 9.17) is 21.4 Å². The van der Waals surface area contributed by atoms with Gasteiger partial charge in [-0.25, -0.2) is 4.98 Å². The lowest BCUT2D eigenvalue weighted by molar-refractivity contribution is -0.137. The van der Waals surface area contributed by atoms with Gasteiger partial charge in [-0.2, -0.15) is 9.67 Å². The zero-order chi connectivity index (χ0) is 16.2. The Labute approximate surface area is 135 Å². The highest BCUT2D eigenvalue weighted by Gasteiger charge is 2.09. The molecule has 8 nitrogen and oxygen atoms in total. The van der Waals surface area contributed by atoms with E-state index in [9.17, 15) is 4.79 Å². The molecule has 0 aliphatic heterocycles. The smallest absolute Gasteiger partial charge is 0.303 e. The Morgan fingerprint density at radius 2 is 2.09 bits per heavy atom. The molecule has 0 spiro atoms. The Morgan fingerprint density at radius 3 is 2.83 bits per heavy atom. The van der Waals surface area contributed by atoms with Crippen LogP contribution in [0, 0.1) is 0 Å². The molecule has 9 heteroatoms. The number of fused-ring (bicyclic) bond motifs is 1. The van der Waals surface area contributed by atoms with Crippen LogP contribution in [-0.4, -0.2) is 42.6 Å². The van der Waals surface area contributed by atoms with Gasteiger partial charge in [-0.1, -0.05) is 5.21 Å². The van der Waals surface area contributed by atoms with E-state index in [-0.39, 0.29) is 11.7 Å².